The molecule has 1 heterocycles. The number of benzene rings is 1. The number of ether oxygens (including phenoxy) is 1. The van der Waals surface area contributed by atoms with Crippen LogP contribution in [0.2, 0.25) is 0 Å². The molecule has 5 heteroatoms. The number of nitrogens with zero attached hydrogens (tertiary/aromatic N) is 1. The highest BCUT2D eigenvalue weighted by atomic mass is 32.1. The lowest BCUT2D eigenvalue weighted by Crippen LogP contribution is -2.14. The van der Waals surface area contributed by atoms with Gasteiger partial charge in [0.05, 0.1) is 17.3 Å². The van der Waals surface area contributed by atoms with Crippen molar-refractivity contribution in [2.24, 2.45) is 0 Å². The lowest BCUT2D eigenvalue weighted by atomic mass is 10.2. The van der Waals surface area contributed by atoms with Crippen molar-refractivity contribution < 1.29 is 9.84 Å². The van der Waals surface area contributed by atoms with E-state index in [9.17, 15) is 0 Å². The van der Waals surface area contributed by atoms with Crippen LogP contribution >= 0.6 is 11.3 Å². The number of rotatable bonds is 8. The first-order chi connectivity index (χ1) is 10.2. The van der Waals surface area contributed by atoms with Crippen LogP contribution in [0.25, 0.3) is 0 Å². The lowest BCUT2D eigenvalue weighted by Gasteiger charge is -2.10. The van der Waals surface area contributed by atoms with Crippen molar-refractivity contribution in [1.29, 1.82) is 0 Å². The molecule has 0 fully saturated rings. The maximum absolute atomic E-state index is 8.84. The molecule has 2 aromatic rings. The van der Waals surface area contributed by atoms with Crippen molar-refractivity contribution in [1.82, 2.24) is 10.3 Å². The second-order valence-electron chi connectivity index (χ2n) is 5.12. The number of para-hydroxylation sites is 1. The molecule has 4 nitrogen and oxygen atoms in total. The van der Waals surface area contributed by atoms with Crippen LogP contribution in [0.15, 0.2) is 29.6 Å². The summed E-state index contributed by atoms with van der Waals surface area (Å²) in [5.41, 5.74) is 2.17. The van der Waals surface area contributed by atoms with Crippen molar-refractivity contribution in [3.63, 3.8) is 0 Å². The lowest BCUT2D eigenvalue weighted by molar-refractivity contribution is 0.200. The maximum Gasteiger partial charge on any atom is 0.123 e. The Morgan fingerprint density at radius 2 is 2.10 bits per heavy atom. The van der Waals surface area contributed by atoms with Crippen molar-refractivity contribution >= 4 is 11.3 Å². The Kier molecular flexibility index (Phi) is 6.17. The average molecular weight is 306 g/mol. The van der Waals surface area contributed by atoms with E-state index in [-0.39, 0.29) is 6.61 Å². The number of thiazole rings is 1. The van der Waals surface area contributed by atoms with Crippen LogP contribution in [0.4, 0.5) is 0 Å². The average Bonchev–Trinajstić information content (AvgIpc) is 2.95. The molecule has 2 rings (SSSR count). The molecule has 2 N–H and O–H groups in total. The van der Waals surface area contributed by atoms with Gasteiger partial charge in [-0.15, -0.1) is 11.3 Å². The van der Waals surface area contributed by atoms with Crippen LogP contribution in [-0.4, -0.2) is 23.3 Å². The topological polar surface area (TPSA) is 54.4 Å². The van der Waals surface area contributed by atoms with Crippen molar-refractivity contribution in [3.8, 4) is 5.75 Å². The number of hydrogen-bond donors (Lipinski definition) is 2. The molecule has 0 aliphatic carbocycles. The van der Waals surface area contributed by atoms with Gasteiger partial charge in [0, 0.05) is 30.0 Å². The zero-order valence-electron chi connectivity index (χ0n) is 12.5. The molecular formula is C16H22N2O2S. The molecule has 0 saturated heterocycles. The molecule has 0 bridgehead atoms. The highest BCUT2D eigenvalue weighted by Gasteiger charge is 2.06. The van der Waals surface area contributed by atoms with Gasteiger partial charge in [0.1, 0.15) is 12.4 Å². The SMILES string of the molecule is CC(C)c1nc(CNCc2ccccc2OCCO)cs1. The quantitative estimate of drug-likeness (QED) is 0.787. The third-order valence-electron chi connectivity index (χ3n) is 3.01. The van der Waals surface area contributed by atoms with E-state index in [0.717, 1.165) is 30.1 Å². The molecule has 0 amide bonds. The van der Waals surface area contributed by atoms with Crippen LogP contribution in [0, 0.1) is 0 Å². The molecule has 0 aliphatic heterocycles. The Morgan fingerprint density at radius 3 is 2.81 bits per heavy atom. The molecule has 21 heavy (non-hydrogen) atoms. The fraction of sp³-hybridized carbons (Fsp3) is 0.438. The monoisotopic (exact) mass is 306 g/mol. The summed E-state index contributed by atoms with van der Waals surface area (Å²) in [4.78, 5) is 4.60. The van der Waals surface area contributed by atoms with E-state index < -0.39 is 0 Å². The van der Waals surface area contributed by atoms with Crippen molar-refractivity contribution in [2.45, 2.75) is 32.9 Å². The predicted molar refractivity (Wildman–Crippen MR) is 85.8 cm³/mol. The standard InChI is InChI=1S/C16H22N2O2S/c1-12(2)16-18-14(11-21-16)10-17-9-13-5-3-4-6-15(13)20-8-7-19/h3-6,11-12,17,19H,7-10H2,1-2H3. The van der Waals surface area contributed by atoms with Crippen LogP contribution in [0.1, 0.15) is 36.0 Å². The largest absolute Gasteiger partial charge is 0.491 e. The molecule has 0 atom stereocenters. The van der Waals surface area contributed by atoms with Crippen LogP contribution in [-0.2, 0) is 13.1 Å². The first-order valence-corrected chi connectivity index (χ1v) is 8.05. The van der Waals surface area contributed by atoms with Crippen LogP contribution < -0.4 is 10.1 Å². The Labute approximate surface area is 129 Å². The summed E-state index contributed by atoms with van der Waals surface area (Å²) in [5, 5.41) is 15.5. The van der Waals surface area contributed by atoms with E-state index in [1.165, 1.54) is 5.01 Å². The van der Waals surface area contributed by atoms with E-state index >= 15 is 0 Å². The third kappa shape index (κ3) is 4.81. The summed E-state index contributed by atoms with van der Waals surface area (Å²) in [6, 6.07) is 7.88. The van der Waals surface area contributed by atoms with Crippen molar-refractivity contribution in [3.05, 3.63) is 45.9 Å². The Bertz CT molecular complexity index is 555. The maximum atomic E-state index is 8.84. The van der Waals surface area contributed by atoms with E-state index in [1.54, 1.807) is 11.3 Å². The third-order valence-corrected chi connectivity index (χ3v) is 4.20. The summed E-state index contributed by atoms with van der Waals surface area (Å²) in [7, 11) is 0. The van der Waals surface area contributed by atoms with Gasteiger partial charge in [-0.25, -0.2) is 4.98 Å². The van der Waals surface area contributed by atoms with Gasteiger partial charge in [0.15, 0.2) is 0 Å². The minimum Gasteiger partial charge on any atom is -0.491 e. The summed E-state index contributed by atoms with van der Waals surface area (Å²) in [6.45, 7) is 6.13. The Balaban J connectivity index is 1.87. The molecule has 0 spiro atoms. The van der Waals surface area contributed by atoms with Gasteiger partial charge in [-0.2, -0.15) is 0 Å². The molecular weight excluding hydrogens is 284 g/mol. The van der Waals surface area contributed by atoms with Gasteiger partial charge < -0.3 is 15.2 Å². The van der Waals surface area contributed by atoms with E-state index in [1.807, 2.05) is 24.3 Å². The minimum atomic E-state index is 0.0264. The van der Waals surface area contributed by atoms with Gasteiger partial charge in [-0.3, -0.25) is 0 Å². The summed E-state index contributed by atoms with van der Waals surface area (Å²) in [6.07, 6.45) is 0. The first-order valence-electron chi connectivity index (χ1n) is 7.17. The number of aliphatic hydroxyl groups is 1. The zero-order valence-corrected chi connectivity index (χ0v) is 13.3. The van der Waals surface area contributed by atoms with Gasteiger partial charge >= 0.3 is 0 Å². The Hall–Kier alpha value is -1.43. The summed E-state index contributed by atoms with van der Waals surface area (Å²) >= 11 is 1.71. The first kappa shape index (κ1) is 15.9. The van der Waals surface area contributed by atoms with Crippen LogP contribution in [0.5, 0.6) is 5.75 Å². The number of aromatic nitrogens is 1. The Morgan fingerprint density at radius 1 is 1.29 bits per heavy atom. The van der Waals surface area contributed by atoms with E-state index in [4.69, 9.17) is 9.84 Å². The smallest absolute Gasteiger partial charge is 0.123 e. The van der Waals surface area contributed by atoms with Gasteiger partial charge in [-0.05, 0) is 6.07 Å². The zero-order chi connectivity index (χ0) is 15.1. The molecule has 0 aliphatic rings. The fourth-order valence-electron chi connectivity index (χ4n) is 1.94. The number of aliphatic hydroxyl groups excluding tert-OH is 1. The fourth-order valence-corrected chi connectivity index (χ4v) is 2.78. The molecule has 0 unspecified atom stereocenters. The van der Waals surface area contributed by atoms with Gasteiger partial charge in [0.2, 0.25) is 0 Å². The molecule has 114 valence electrons. The van der Waals surface area contributed by atoms with Gasteiger partial charge in [-0.1, -0.05) is 32.0 Å². The molecule has 0 radical (unpaired) electrons. The second kappa shape index (κ2) is 8.12. The molecule has 1 aromatic heterocycles. The minimum absolute atomic E-state index is 0.0264. The van der Waals surface area contributed by atoms with Gasteiger partial charge in [0.25, 0.3) is 0 Å². The normalized spacial score (nSPS) is 11.0. The van der Waals surface area contributed by atoms with Crippen molar-refractivity contribution in [2.75, 3.05) is 13.2 Å². The van der Waals surface area contributed by atoms with E-state index in [0.29, 0.717) is 12.5 Å². The summed E-state index contributed by atoms with van der Waals surface area (Å²) in [5.74, 6) is 1.30. The number of hydrogen-bond acceptors (Lipinski definition) is 5. The molecule has 0 saturated carbocycles. The highest BCUT2D eigenvalue weighted by Crippen LogP contribution is 2.20. The van der Waals surface area contributed by atoms with Crippen LogP contribution in [0.3, 0.4) is 0 Å². The summed E-state index contributed by atoms with van der Waals surface area (Å²) < 4.78 is 5.52. The number of nitrogens with one attached hydrogen (secondary N) is 1. The predicted octanol–water partition coefficient (Wildman–Crippen LogP) is 2.93. The van der Waals surface area contributed by atoms with E-state index in [2.05, 4.69) is 29.5 Å². The second-order valence-corrected chi connectivity index (χ2v) is 6.00. The molecule has 1 aromatic carbocycles. The highest BCUT2D eigenvalue weighted by molar-refractivity contribution is 7.09.